The Morgan fingerprint density at radius 2 is 1.96 bits per heavy atom. The Balaban J connectivity index is 1.64. The van der Waals surface area contributed by atoms with E-state index in [4.69, 9.17) is 32.2 Å². The van der Waals surface area contributed by atoms with E-state index in [0.717, 1.165) is 34.1 Å². The number of nitrogens with zero attached hydrogens (tertiary/aromatic N) is 2. The van der Waals surface area contributed by atoms with Crippen LogP contribution in [0.5, 0.6) is 17.2 Å². The van der Waals surface area contributed by atoms with Crippen molar-refractivity contribution in [3.05, 3.63) is 53.6 Å². The zero-order valence-corrected chi connectivity index (χ0v) is 14.5. The molecule has 2 heterocycles. The van der Waals surface area contributed by atoms with Crippen molar-refractivity contribution in [2.24, 2.45) is 10.8 Å². The van der Waals surface area contributed by atoms with E-state index in [1.807, 2.05) is 42.5 Å². The zero-order chi connectivity index (χ0) is 17.4. The largest absolute Gasteiger partial charge is 0.497 e. The van der Waals surface area contributed by atoms with Gasteiger partial charge in [0.1, 0.15) is 5.75 Å². The maximum absolute atomic E-state index is 5.90. The molecule has 2 aliphatic rings. The second-order valence-electron chi connectivity index (χ2n) is 5.79. The fourth-order valence-corrected chi connectivity index (χ4v) is 3.22. The van der Waals surface area contributed by atoms with Crippen molar-refractivity contribution in [2.75, 3.05) is 13.9 Å². The molecule has 6 nitrogen and oxygen atoms in total. The normalized spacial score (nSPS) is 18.2. The lowest BCUT2D eigenvalue weighted by molar-refractivity contribution is 0.174. The minimum atomic E-state index is -0.0656. The number of rotatable bonds is 3. The summed E-state index contributed by atoms with van der Waals surface area (Å²) in [6, 6.07) is 13.6. The molecular weight excluding hydrogens is 338 g/mol. The van der Waals surface area contributed by atoms with Crippen molar-refractivity contribution < 1.29 is 14.2 Å². The molecule has 128 valence electrons. The van der Waals surface area contributed by atoms with Gasteiger partial charge in [0.15, 0.2) is 16.6 Å². The second-order valence-corrected chi connectivity index (χ2v) is 6.21. The molecule has 0 saturated heterocycles. The number of benzene rings is 2. The predicted octanol–water partition coefficient (Wildman–Crippen LogP) is 2.82. The summed E-state index contributed by atoms with van der Waals surface area (Å²) in [5, 5.41) is 6.56. The molecule has 2 aliphatic heterocycles. The number of hydrogen-bond acceptors (Lipinski definition) is 5. The number of nitrogens with two attached hydrogens (primary N) is 1. The van der Waals surface area contributed by atoms with E-state index >= 15 is 0 Å². The van der Waals surface area contributed by atoms with Crippen molar-refractivity contribution in [2.45, 2.75) is 12.5 Å². The number of fused-ring (bicyclic) bond motifs is 1. The van der Waals surface area contributed by atoms with Crippen LogP contribution in [0.3, 0.4) is 0 Å². The quantitative estimate of drug-likeness (QED) is 0.854. The summed E-state index contributed by atoms with van der Waals surface area (Å²) in [7, 11) is 1.65. The molecule has 25 heavy (non-hydrogen) atoms. The van der Waals surface area contributed by atoms with Crippen LogP contribution in [0.2, 0.25) is 0 Å². The van der Waals surface area contributed by atoms with Crippen molar-refractivity contribution in [3.8, 4) is 17.2 Å². The molecule has 2 aromatic rings. The Kier molecular flexibility index (Phi) is 3.93. The van der Waals surface area contributed by atoms with Gasteiger partial charge >= 0.3 is 0 Å². The van der Waals surface area contributed by atoms with Crippen LogP contribution >= 0.6 is 12.2 Å². The Morgan fingerprint density at radius 3 is 2.68 bits per heavy atom. The molecule has 1 atom stereocenters. The van der Waals surface area contributed by atoms with Gasteiger partial charge in [0.25, 0.3) is 0 Å². The molecule has 0 aromatic heterocycles. The van der Waals surface area contributed by atoms with Crippen LogP contribution in [0.25, 0.3) is 0 Å². The van der Waals surface area contributed by atoms with Crippen molar-refractivity contribution in [1.29, 1.82) is 0 Å². The third-order valence-electron chi connectivity index (χ3n) is 4.34. The van der Waals surface area contributed by atoms with Gasteiger partial charge in [0.05, 0.1) is 18.9 Å². The summed E-state index contributed by atoms with van der Waals surface area (Å²) in [6.07, 6.45) is 0.698. The molecule has 2 N–H and O–H groups in total. The Bertz CT molecular complexity index is 851. The standard InChI is InChI=1S/C18H17N3O3S/c1-22-13-5-2-11(3-6-13)14-9-15(21(20-14)18(19)25)12-4-7-16-17(8-12)24-10-23-16/h2-8,15H,9-10H2,1H3,(H2,19,25). The van der Waals surface area contributed by atoms with Gasteiger partial charge in [0, 0.05) is 6.42 Å². The molecule has 0 aliphatic carbocycles. The molecule has 0 bridgehead atoms. The molecule has 0 radical (unpaired) electrons. The number of thiocarbonyl (C=S) groups is 1. The molecule has 7 heteroatoms. The van der Waals surface area contributed by atoms with Crippen molar-refractivity contribution in [3.63, 3.8) is 0 Å². The van der Waals surface area contributed by atoms with Crippen LogP contribution in [0.1, 0.15) is 23.6 Å². The van der Waals surface area contributed by atoms with E-state index in [0.29, 0.717) is 6.42 Å². The summed E-state index contributed by atoms with van der Waals surface area (Å²) in [5.41, 5.74) is 8.88. The summed E-state index contributed by atoms with van der Waals surface area (Å²) in [4.78, 5) is 0. The van der Waals surface area contributed by atoms with Crippen LogP contribution in [-0.4, -0.2) is 29.7 Å². The smallest absolute Gasteiger partial charge is 0.231 e. The van der Waals surface area contributed by atoms with Crippen LogP contribution < -0.4 is 19.9 Å². The predicted molar refractivity (Wildman–Crippen MR) is 98.1 cm³/mol. The minimum absolute atomic E-state index is 0.0656. The molecular formula is C18H17N3O3S. The van der Waals surface area contributed by atoms with Crippen molar-refractivity contribution >= 4 is 23.0 Å². The minimum Gasteiger partial charge on any atom is -0.497 e. The molecule has 0 spiro atoms. The zero-order valence-electron chi connectivity index (χ0n) is 13.6. The van der Waals surface area contributed by atoms with Crippen LogP contribution in [0.4, 0.5) is 0 Å². The first-order valence-electron chi connectivity index (χ1n) is 7.86. The van der Waals surface area contributed by atoms with Gasteiger partial charge in [-0.15, -0.1) is 0 Å². The molecule has 0 amide bonds. The monoisotopic (exact) mass is 355 g/mol. The van der Waals surface area contributed by atoms with Gasteiger partial charge in [-0.1, -0.05) is 6.07 Å². The molecule has 0 fully saturated rings. The highest BCUT2D eigenvalue weighted by atomic mass is 32.1. The van der Waals surface area contributed by atoms with E-state index in [2.05, 4.69) is 5.10 Å². The highest BCUT2D eigenvalue weighted by molar-refractivity contribution is 7.80. The highest BCUT2D eigenvalue weighted by Gasteiger charge is 2.31. The molecule has 4 rings (SSSR count). The number of methoxy groups -OCH3 is 1. The molecule has 2 aromatic carbocycles. The van der Waals surface area contributed by atoms with E-state index in [1.165, 1.54) is 0 Å². The highest BCUT2D eigenvalue weighted by Crippen LogP contribution is 2.39. The first-order chi connectivity index (χ1) is 12.2. The lowest BCUT2D eigenvalue weighted by Gasteiger charge is -2.22. The number of hydrazone groups is 1. The molecule has 1 unspecified atom stereocenters. The summed E-state index contributed by atoms with van der Waals surface area (Å²) in [6.45, 7) is 0.246. The van der Waals surface area contributed by atoms with E-state index < -0.39 is 0 Å². The Hall–Kier alpha value is -2.80. The van der Waals surface area contributed by atoms with Gasteiger partial charge in [0.2, 0.25) is 6.79 Å². The number of ether oxygens (including phenoxy) is 3. The maximum Gasteiger partial charge on any atom is 0.231 e. The molecule has 0 saturated carbocycles. The maximum atomic E-state index is 5.90. The topological polar surface area (TPSA) is 69.3 Å². The van der Waals surface area contributed by atoms with E-state index in [9.17, 15) is 0 Å². The lowest BCUT2D eigenvalue weighted by Crippen LogP contribution is -2.31. The summed E-state index contributed by atoms with van der Waals surface area (Å²) in [5.74, 6) is 2.29. The van der Waals surface area contributed by atoms with Crippen LogP contribution in [0.15, 0.2) is 47.6 Å². The second kappa shape index (κ2) is 6.25. The van der Waals surface area contributed by atoms with Crippen molar-refractivity contribution in [1.82, 2.24) is 5.01 Å². The fraction of sp³-hybridized carbons (Fsp3) is 0.222. The van der Waals surface area contributed by atoms with E-state index in [-0.39, 0.29) is 17.9 Å². The average Bonchev–Trinajstić information content (AvgIpc) is 3.28. The van der Waals surface area contributed by atoms with E-state index in [1.54, 1.807) is 12.1 Å². The number of hydrogen-bond donors (Lipinski definition) is 1. The van der Waals surface area contributed by atoms with Crippen LogP contribution in [-0.2, 0) is 0 Å². The summed E-state index contributed by atoms with van der Waals surface area (Å²) < 4.78 is 16.1. The average molecular weight is 355 g/mol. The first kappa shape index (κ1) is 15.7. The van der Waals surface area contributed by atoms with Gasteiger partial charge in [-0.3, -0.25) is 0 Å². The van der Waals surface area contributed by atoms with Gasteiger partial charge in [-0.25, -0.2) is 5.01 Å². The first-order valence-corrected chi connectivity index (χ1v) is 8.26. The van der Waals surface area contributed by atoms with Gasteiger partial charge in [-0.05, 0) is 59.7 Å². The third kappa shape index (κ3) is 2.87. The van der Waals surface area contributed by atoms with Gasteiger partial charge in [-0.2, -0.15) is 5.10 Å². The SMILES string of the molecule is COc1ccc(C2=NN(C(N)=S)C(c3ccc4c(c3)OCO4)C2)cc1. The lowest BCUT2D eigenvalue weighted by atomic mass is 9.98. The third-order valence-corrected chi connectivity index (χ3v) is 4.53. The summed E-state index contributed by atoms with van der Waals surface area (Å²) >= 11 is 5.19. The Labute approximate surface area is 150 Å². The Morgan fingerprint density at radius 1 is 1.20 bits per heavy atom. The van der Waals surface area contributed by atoms with Crippen LogP contribution in [0, 0.1) is 0 Å². The van der Waals surface area contributed by atoms with Gasteiger partial charge < -0.3 is 19.9 Å². The fourth-order valence-electron chi connectivity index (χ4n) is 3.05.